The molecule has 0 atom stereocenters. The van der Waals surface area contributed by atoms with Gasteiger partial charge in [0, 0.05) is 18.0 Å². The molecule has 19 heavy (non-hydrogen) atoms. The Kier molecular flexibility index (Phi) is 5.18. The fourth-order valence-electron chi connectivity index (χ4n) is 1.55. The first-order chi connectivity index (χ1) is 8.85. The fraction of sp³-hybridized carbons (Fsp3) is 0.500. The molecular weight excluding hydrogens is 244 g/mol. The van der Waals surface area contributed by atoms with Crippen molar-refractivity contribution < 1.29 is 14.3 Å². The summed E-state index contributed by atoms with van der Waals surface area (Å²) in [5.74, 6) is 1.17. The molecule has 0 bridgehead atoms. The summed E-state index contributed by atoms with van der Waals surface area (Å²) in [6, 6.07) is 5.25. The van der Waals surface area contributed by atoms with Crippen LogP contribution < -0.4 is 20.5 Å². The van der Waals surface area contributed by atoms with E-state index in [4.69, 9.17) is 15.2 Å². The van der Waals surface area contributed by atoms with E-state index in [1.807, 2.05) is 13.8 Å². The lowest BCUT2D eigenvalue weighted by atomic mass is 10.00. The van der Waals surface area contributed by atoms with Crippen LogP contribution in [-0.2, 0) is 4.79 Å². The predicted octanol–water partition coefficient (Wildman–Crippen LogP) is 2.16. The lowest BCUT2D eigenvalue weighted by Crippen LogP contribution is -2.33. The summed E-state index contributed by atoms with van der Waals surface area (Å²) >= 11 is 0. The van der Waals surface area contributed by atoms with Gasteiger partial charge in [-0.05, 0) is 32.4 Å². The van der Waals surface area contributed by atoms with Gasteiger partial charge >= 0.3 is 0 Å². The molecule has 0 aliphatic rings. The summed E-state index contributed by atoms with van der Waals surface area (Å²) in [6.45, 7) is 3.79. The van der Waals surface area contributed by atoms with Crippen molar-refractivity contribution in [3.63, 3.8) is 0 Å². The van der Waals surface area contributed by atoms with Crippen LogP contribution in [0.1, 0.15) is 26.7 Å². The highest BCUT2D eigenvalue weighted by Gasteiger charge is 2.14. The van der Waals surface area contributed by atoms with Crippen LogP contribution in [0.15, 0.2) is 18.2 Å². The molecule has 106 valence electrons. The second kappa shape index (κ2) is 6.43. The lowest BCUT2D eigenvalue weighted by Gasteiger charge is -2.18. The lowest BCUT2D eigenvalue weighted by molar-refractivity contribution is -0.116. The van der Waals surface area contributed by atoms with Crippen molar-refractivity contribution in [2.45, 2.75) is 32.2 Å². The van der Waals surface area contributed by atoms with E-state index in [1.54, 1.807) is 32.4 Å². The molecule has 0 spiro atoms. The van der Waals surface area contributed by atoms with Gasteiger partial charge in [-0.2, -0.15) is 0 Å². The van der Waals surface area contributed by atoms with Crippen molar-refractivity contribution in [3.8, 4) is 11.5 Å². The zero-order valence-electron chi connectivity index (χ0n) is 11.9. The van der Waals surface area contributed by atoms with Crippen LogP contribution in [0.2, 0.25) is 0 Å². The molecule has 1 rings (SSSR count). The summed E-state index contributed by atoms with van der Waals surface area (Å²) < 4.78 is 10.3. The minimum atomic E-state index is -0.346. The molecule has 0 saturated carbocycles. The fourth-order valence-corrected chi connectivity index (χ4v) is 1.55. The molecule has 0 aliphatic carbocycles. The van der Waals surface area contributed by atoms with Gasteiger partial charge in [0.1, 0.15) is 11.5 Å². The number of carbonyl (C=O) groups excluding carboxylic acids is 1. The third-order valence-electron chi connectivity index (χ3n) is 2.68. The molecule has 0 fully saturated rings. The van der Waals surface area contributed by atoms with Gasteiger partial charge in [0.25, 0.3) is 0 Å². The van der Waals surface area contributed by atoms with Gasteiger partial charge in [0.2, 0.25) is 5.91 Å². The molecule has 0 heterocycles. The van der Waals surface area contributed by atoms with Crippen molar-refractivity contribution in [2.24, 2.45) is 5.73 Å². The SMILES string of the molecule is COc1ccc(NC(=O)CCC(C)(C)N)c(OC)c1. The second-order valence-corrected chi connectivity index (χ2v) is 5.10. The van der Waals surface area contributed by atoms with Crippen molar-refractivity contribution in [1.29, 1.82) is 0 Å². The first-order valence-electron chi connectivity index (χ1n) is 6.16. The summed E-state index contributed by atoms with van der Waals surface area (Å²) in [6.07, 6.45) is 0.996. The molecule has 5 nitrogen and oxygen atoms in total. The first kappa shape index (κ1) is 15.3. The molecule has 0 unspecified atom stereocenters. The Bertz CT molecular complexity index is 439. The minimum Gasteiger partial charge on any atom is -0.497 e. The van der Waals surface area contributed by atoms with Gasteiger partial charge in [-0.15, -0.1) is 0 Å². The van der Waals surface area contributed by atoms with Gasteiger partial charge in [-0.3, -0.25) is 4.79 Å². The molecule has 1 amide bonds. The number of hydrogen-bond acceptors (Lipinski definition) is 4. The van der Waals surface area contributed by atoms with Crippen LogP contribution in [0.3, 0.4) is 0 Å². The maximum absolute atomic E-state index is 11.8. The van der Waals surface area contributed by atoms with Crippen LogP contribution in [0.5, 0.6) is 11.5 Å². The minimum absolute atomic E-state index is 0.0815. The van der Waals surface area contributed by atoms with Crippen LogP contribution in [-0.4, -0.2) is 25.7 Å². The standard InChI is InChI=1S/C14H22N2O3/c1-14(2,15)8-7-13(17)16-11-6-5-10(18-3)9-12(11)19-4/h5-6,9H,7-8,15H2,1-4H3,(H,16,17). The summed E-state index contributed by atoms with van der Waals surface area (Å²) in [4.78, 5) is 11.8. The second-order valence-electron chi connectivity index (χ2n) is 5.10. The molecule has 0 aliphatic heterocycles. The maximum atomic E-state index is 11.8. The Morgan fingerprint density at radius 1 is 1.32 bits per heavy atom. The first-order valence-corrected chi connectivity index (χ1v) is 6.16. The highest BCUT2D eigenvalue weighted by atomic mass is 16.5. The van der Waals surface area contributed by atoms with Crippen molar-refractivity contribution in [1.82, 2.24) is 0 Å². The number of ether oxygens (including phenoxy) is 2. The Hall–Kier alpha value is -1.75. The van der Waals surface area contributed by atoms with E-state index in [1.165, 1.54) is 0 Å². The number of nitrogens with two attached hydrogens (primary N) is 1. The van der Waals surface area contributed by atoms with Gasteiger partial charge < -0.3 is 20.5 Å². The quantitative estimate of drug-likeness (QED) is 0.827. The van der Waals surface area contributed by atoms with E-state index in [0.717, 1.165) is 0 Å². The van der Waals surface area contributed by atoms with Crippen molar-refractivity contribution in [2.75, 3.05) is 19.5 Å². The molecule has 3 N–H and O–H groups in total. The normalized spacial score (nSPS) is 11.0. The van der Waals surface area contributed by atoms with E-state index in [9.17, 15) is 4.79 Å². The average molecular weight is 266 g/mol. The summed E-state index contributed by atoms with van der Waals surface area (Å²) in [5, 5.41) is 2.81. The Balaban J connectivity index is 2.68. The summed E-state index contributed by atoms with van der Waals surface area (Å²) in [5.41, 5.74) is 6.13. The Morgan fingerprint density at radius 3 is 2.53 bits per heavy atom. The number of benzene rings is 1. The van der Waals surface area contributed by atoms with E-state index in [-0.39, 0.29) is 11.4 Å². The van der Waals surface area contributed by atoms with Crippen LogP contribution in [0.4, 0.5) is 5.69 Å². The number of carbonyl (C=O) groups is 1. The largest absolute Gasteiger partial charge is 0.497 e. The molecule has 1 aromatic carbocycles. The Morgan fingerprint density at radius 2 is 2.00 bits per heavy atom. The number of rotatable bonds is 6. The monoisotopic (exact) mass is 266 g/mol. The summed E-state index contributed by atoms with van der Waals surface area (Å²) in [7, 11) is 3.13. The smallest absolute Gasteiger partial charge is 0.224 e. The van der Waals surface area contributed by atoms with Gasteiger partial charge in [-0.1, -0.05) is 0 Å². The van der Waals surface area contributed by atoms with Crippen molar-refractivity contribution >= 4 is 11.6 Å². The van der Waals surface area contributed by atoms with Gasteiger partial charge in [0.05, 0.1) is 19.9 Å². The van der Waals surface area contributed by atoms with Gasteiger partial charge in [0.15, 0.2) is 0 Å². The van der Waals surface area contributed by atoms with Crippen LogP contribution >= 0.6 is 0 Å². The van der Waals surface area contributed by atoms with E-state index in [2.05, 4.69) is 5.32 Å². The van der Waals surface area contributed by atoms with E-state index >= 15 is 0 Å². The predicted molar refractivity (Wildman–Crippen MR) is 75.7 cm³/mol. The third-order valence-corrected chi connectivity index (χ3v) is 2.68. The topological polar surface area (TPSA) is 73.6 Å². The molecule has 0 saturated heterocycles. The number of methoxy groups -OCH3 is 2. The molecular formula is C14H22N2O3. The van der Waals surface area contributed by atoms with Gasteiger partial charge in [-0.25, -0.2) is 0 Å². The third kappa shape index (κ3) is 5.18. The molecule has 5 heteroatoms. The zero-order valence-corrected chi connectivity index (χ0v) is 11.9. The molecule has 1 aromatic rings. The average Bonchev–Trinajstić information content (AvgIpc) is 2.36. The number of hydrogen-bond donors (Lipinski definition) is 2. The van der Waals surface area contributed by atoms with E-state index < -0.39 is 0 Å². The molecule has 0 radical (unpaired) electrons. The Labute approximate surface area is 114 Å². The number of anilines is 1. The highest BCUT2D eigenvalue weighted by molar-refractivity contribution is 5.92. The van der Waals surface area contributed by atoms with E-state index in [0.29, 0.717) is 30.0 Å². The molecule has 0 aromatic heterocycles. The highest BCUT2D eigenvalue weighted by Crippen LogP contribution is 2.29. The zero-order chi connectivity index (χ0) is 14.5. The van der Waals surface area contributed by atoms with Crippen LogP contribution in [0, 0.1) is 0 Å². The maximum Gasteiger partial charge on any atom is 0.224 e. The number of nitrogens with one attached hydrogen (secondary N) is 1. The number of amides is 1. The van der Waals surface area contributed by atoms with Crippen LogP contribution in [0.25, 0.3) is 0 Å². The van der Waals surface area contributed by atoms with Crippen molar-refractivity contribution in [3.05, 3.63) is 18.2 Å².